The fourth-order valence-electron chi connectivity index (χ4n) is 3.29. The Hall–Kier alpha value is -3.54. The molecule has 0 radical (unpaired) electrons. The van der Waals surface area contributed by atoms with Crippen molar-refractivity contribution in [2.75, 3.05) is 6.54 Å². The normalized spacial score (nSPS) is 14.6. The number of rotatable bonds is 4. The second-order valence-electron chi connectivity index (χ2n) is 6.61. The van der Waals surface area contributed by atoms with Gasteiger partial charge >= 0.3 is 0 Å². The van der Waals surface area contributed by atoms with Gasteiger partial charge in [-0.25, -0.2) is 19.0 Å². The molecule has 1 aromatic carbocycles. The van der Waals surface area contributed by atoms with Crippen molar-refractivity contribution in [1.29, 1.82) is 0 Å². The summed E-state index contributed by atoms with van der Waals surface area (Å²) in [6.45, 7) is 0.361. The molecule has 6 nitrogen and oxygen atoms in total. The summed E-state index contributed by atoms with van der Waals surface area (Å²) >= 11 is 1.45. The Morgan fingerprint density at radius 2 is 1.90 bits per heavy atom. The summed E-state index contributed by atoms with van der Waals surface area (Å²) in [7, 11) is 0. The SMILES string of the molecule is C#CCNC1c2cc(-c3ccc(F)cc3)cnc2Sc2nc(-c3ccncc3)nn21. The molecule has 3 aromatic heterocycles. The number of fused-ring (bicyclic) bond motifs is 2. The second-order valence-corrected chi connectivity index (χ2v) is 7.57. The van der Waals surface area contributed by atoms with Crippen LogP contribution < -0.4 is 5.32 Å². The highest BCUT2D eigenvalue weighted by atomic mass is 32.2. The Balaban J connectivity index is 1.59. The quantitative estimate of drug-likeness (QED) is 0.513. The lowest BCUT2D eigenvalue weighted by Crippen LogP contribution is -2.32. The largest absolute Gasteiger partial charge is 0.281 e. The molecular weight excluding hydrogens is 399 g/mol. The third-order valence-corrected chi connectivity index (χ3v) is 5.71. The van der Waals surface area contributed by atoms with Gasteiger partial charge in [-0.15, -0.1) is 11.5 Å². The number of nitrogens with one attached hydrogen (secondary N) is 1. The Labute approximate surface area is 176 Å². The van der Waals surface area contributed by atoms with E-state index in [4.69, 9.17) is 11.5 Å². The van der Waals surface area contributed by atoms with Gasteiger partial charge in [-0.3, -0.25) is 10.3 Å². The van der Waals surface area contributed by atoms with Gasteiger partial charge in [-0.2, -0.15) is 0 Å². The van der Waals surface area contributed by atoms with Gasteiger partial charge in [0.05, 0.1) is 6.54 Å². The van der Waals surface area contributed by atoms with Crippen LogP contribution in [0.1, 0.15) is 11.7 Å². The van der Waals surface area contributed by atoms with Crippen LogP contribution in [0.3, 0.4) is 0 Å². The van der Waals surface area contributed by atoms with Crippen LogP contribution in [0, 0.1) is 18.2 Å². The predicted molar refractivity (Wildman–Crippen MR) is 112 cm³/mol. The summed E-state index contributed by atoms with van der Waals surface area (Å²) in [5.41, 5.74) is 3.59. The fourth-order valence-corrected chi connectivity index (χ4v) is 4.23. The zero-order valence-corrected chi connectivity index (χ0v) is 16.5. The first-order valence-electron chi connectivity index (χ1n) is 9.20. The number of benzene rings is 1. The summed E-state index contributed by atoms with van der Waals surface area (Å²) in [5, 5.41) is 9.61. The van der Waals surface area contributed by atoms with Crippen molar-refractivity contribution in [2.45, 2.75) is 16.3 Å². The minimum absolute atomic E-state index is 0.273. The molecule has 1 aliphatic rings. The first-order valence-corrected chi connectivity index (χ1v) is 10.0. The second kappa shape index (κ2) is 7.71. The number of halogens is 1. The van der Waals surface area contributed by atoms with Crippen LogP contribution >= 0.6 is 11.8 Å². The summed E-state index contributed by atoms with van der Waals surface area (Å²) in [6.07, 6.45) is 10.4. The van der Waals surface area contributed by atoms with E-state index in [-0.39, 0.29) is 12.0 Å². The molecule has 0 bridgehead atoms. The average Bonchev–Trinajstić information content (AvgIpc) is 3.21. The highest BCUT2D eigenvalue weighted by molar-refractivity contribution is 7.99. The van der Waals surface area contributed by atoms with Crippen LogP contribution in [-0.4, -0.2) is 31.3 Å². The molecule has 1 N–H and O–H groups in total. The molecule has 0 aliphatic carbocycles. The molecule has 1 atom stereocenters. The lowest BCUT2D eigenvalue weighted by Gasteiger charge is -2.26. The van der Waals surface area contributed by atoms with Crippen LogP contribution in [0.25, 0.3) is 22.5 Å². The van der Waals surface area contributed by atoms with Gasteiger partial charge in [0.1, 0.15) is 17.0 Å². The van der Waals surface area contributed by atoms with Crippen LogP contribution in [0.2, 0.25) is 0 Å². The molecule has 0 saturated heterocycles. The van der Waals surface area contributed by atoms with E-state index >= 15 is 0 Å². The van der Waals surface area contributed by atoms with Crippen molar-refractivity contribution in [3.8, 4) is 34.9 Å². The van der Waals surface area contributed by atoms with E-state index in [2.05, 4.69) is 26.2 Å². The maximum Gasteiger partial charge on any atom is 0.194 e. The van der Waals surface area contributed by atoms with Crippen molar-refractivity contribution >= 4 is 11.8 Å². The summed E-state index contributed by atoms with van der Waals surface area (Å²) < 4.78 is 15.1. The van der Waals surface area contributed by atoms with Gasteiger partial charge in [-0.1, -0.05) is 18.1 Å². The van der Waals surface area contributed by atoms with E-state index < -0.39 is 0 Å². The first kappa shape index (κ1) is 18.5. The van der Waals surface area contributed by atoms with Gasteiger partial charge in [0.15, 0.2) is 11.0 Å². The molecule has 0 amide bonds. The smallest absolute Gasteiger partial charge is 0.194 e. The summed E-state index contributed by atoms with van der Waals surface area (Å²) in [6, 6.07) is 12.1. The first-order chi connectivity index (χ1) is 14.7. The van der Waals surface area contributed by atoms with Gasteiger partial charge in [-0.05, 0) is 47.7 Å². The summed E-state index contributed by atoms with van der Waals surface area (Å²) in [4.78, 5) is 13.4. The van der Waals surface area contributed by atoms with Crippen molar-refractivity contribution in [3.63, 3.8) is 0 Å². The van der Waals surface area contributed by atoms with Crippen LogP contribution in [0.15, 0.2) is 71.2 Å². The molecule has 8 heteroatoms. The van der Waals surface area contributed by atoms with E-state index in [9.17, 15) is 4.39 Å². The van der Waals surface area contributed by atoms with E-state index in [1.165, 1.54) is 23.9 Å². The number of aromatic nitrogens is 5. The van der Waals surface area contributed by atoms with Gasteiger partial charge < -0.3 is 0 Å². The third kappa shape index (κ3) is 3.34. The van der Waals surface area contributed by atoms with Crippen LogP contribution in [-0.2, 0) is 0 Å². The standard InChI is InChI=1S/C22H15FN6S/c1-2-9-25-20-18-12-16(14-3-5-17(23)6-4-14)13-26-21(18)30-22-27-19(28-29(20)22)15-7-10-24-11-8-15/h1,3-8,10-13,20,25H,9H2. The predicted octanol–water partition coefficient (Wildman–Crippen LogP) is 3.78. The number of hydrogen-bond donors (Lipinski definition) is 1. The number of pyridine rings is 2. The molecule has 4 heterocycles. The molecule has 0 fully saturated rings. The third-order valence-electron chi connectivity index (χ3n) is 4.72. The molecule has 1 unspecified atom stereocenters. The van der Waals surface area contributed by atoms with Crippen molar-refractivity contribution < 1.29 is 4.39 Å². The average molecular weight is 414 g/mol. The van der Waals surface area contributed by atoms with E-state index in [0.29, 0.717) is 12.4 Å². The number of nitrogens with zero attached hydrogens (tertiary/aromatic N) is 5. The molecule has 0 spiro atoms. The fraction of sp³-hybridized carbons (Fsp3) is 0.0909. The number of hydrogen-bond acceptors (Lipinski definition) is 6. The zero-order chi connectivity index (χ0) is 20.5. The van der Waals surface area contributed by atoms with Crippen molar-refractivity contribution in [1.82, 2.24) is 30.0 Å². The molecule has 0 saturated carbocycles. The molecule has 5 rings (SSSR count). The Morgan fingerprint density at radius 1 is 1.10 bits per heavy atom. The Morgan fingerprint density at radius 3 is 2.67 bits per heavy atom. The minimum atomic E-state index is -0.316. The van der Waals surface area contributed by atoms with Crippen molar-refractivity contribution in [2.24, 2.45) is 0 Å². The van der Waals surface area contributed by atoms with E-state index in [0.717, 1.165) is 32.4 Å². The maximum atomic E-state index is 13.3. The van der Waals surface area contributed by atoms with Gasteiger partial charge in [0.2, 0.25) is 0 Å². The summed E-state index contributed by atoms with van der Waals surface area (Å²) in [5.74, 6) is 2.95. The van der Waals surface area contributed by atoms with E-state index in [1.807, 2.05) is 22.9 Å². The molecule has 30 heavy (non-hydrogen) atoms. The molecule has 1 aliphatic heterocycles. The van der Waals surface area contributed by atoms with Gasteiger partial charge in [0.25, 0.3) is 0 Å². The topological polar surface area (TPSA) is 68.5 Å². The lowest BCUT2D eigenvalue weighted by molar-refractivity contribution is 0.404. The zero-order valence-electron chi connectivity index (χ0n) is 15.7. The maximum absolute atomic E-state index is 13.3. The number of terminal acetylenes is 1. The highest BCUT2D eigenvalue weighted by Crippen LogP contribution is 2.40. The monoisotopic (exact) mass is 414 g/mol. The van der Waals surface area contributed by atoms with Gasteiger partial charge in [0, 0.05) is 35.3 Å². The molecule has 146 valence electrons. The molecular formula is C22H15FN6S. The van der Waals surface area contributed by atoms with E-state index in [1.54, 1.807) is 30.7 Å². The highest BCUT2D eigenvalue weighted by Gasteiger charge is 2.30. The lowest BCUT2D eigenvalue weighted by atomic mass is 10.0. The van der Waals surface area contributed by atoms with Crippen LogP contribution in [0.4, 0.5) is 4.39 Å². The Kier molecular flexibility index (Phi) is 4.75. The Bertz CT molecular complexity index is 1250. The minimum Gasteiger partial charge on any atom is -0.281 e. The van der Waals surface area contributed by atoms with Crippen LogP contribution in [0.5, 0.6) is 0 Å². The molecule has 4 aromatic rings. The van der Waals surface area contributed by atoms with Crippen molar-refractivity contribution in [3.05, 3.63) is 72.4 Å².